The maximum absolute atomic E-state index is 13.0. The van der Waals surface area contributed by atoms with Crippen LogP contribution in [0, 0.1) is 0 Å². The third-order valence-electron chi connectivity index (χ3n) is 7.23. The Balaban J connectivity index is 1.16. The molecule has 0 bridgehead atoms. The van der Waals surface area contributed by atoms with Crippen LogP contribution in [0.4, 0.5) is 5.69 Å². The van der Waals surface area contributed by atoms with Crippen molar-refractivity contribution < 1.29 is 4.79 Å². The molecule has 0 aliphatic carbocycles. The Morgan fingerprint density at radius 2 is 1.63 bits per heavy atom. The molecule has 6 heteroatoms. The van der Waals surface area contributed by atoms with E-state index in [1.807, 2.05) is 12.1 Å². The number of piperazine rings is 1. The quantitative estimate of drug-likeness (QED) is 0.594. The van der Waals surface area contributed by atoms with E-state index in [1.54, 1.807) is 6.20 Å². The number of pyridine rings is 1. The Labute approximate surface area is 208 Å². The highest BCUT2D eigenvalue weighted by Gasteiger charge is 2.21. The minimum absolute atomic E-state index is 0.00999. The van der Waals surface area contributed by atoms with Gasteiger partial charge in [0.1, 0.15) is 0 Å². The van der Waals surface area contributed by atoms with Crippen molar-refractivity contribution in [2.24, 2.45) is 0 Å². The molecule has 1 aromatic heterocycles. The number of carbonyl (C=O) groups is 1. The standard InChI is InChI=1S/C29H35N5O/c1-32-17-19-34(20-18-32)27-9-7-24(8-10-27)28-21-25(11-14-30-28)29(35)31-26-12-15-33(16-13-26)22-23-5-3-2-4-6-23/h2-11,14,21,26H,12-13,15-20,22H2,1H3,(H,31,35). The zero-order valence-corrected chi connectivity index (χ0v) is 20.6. The number of aromatic nitrogens is 1. The van der Waals surface area contributed by atoms with Crippen molar-refractivity contribution >= 4 is 11.6 Å². The summed E-state index contributed by atoms with van der Waals surface area (Å²) in [6.45, 7) is 7.26. The minimum atomic E-state index is -0.00999. The van der Waals surface area contributed by atoms with Gasteiger partial charge < -0.3 is 15.1 Å². The van der Waals surface area contributed by atoms with Gasteiger partial charge in [-0.1, -0.05) is 42.5 Å². The summed E-state index contributed by atoms with van der Waals surface area (Å²) in [6.07, 6.45) is 3.69. The van der Waals surface area contributed by atoms with Gasteiger partial charge in [-0.05, 0) is 49.7 Å². The van der Waals surface area contributed by atoms with E-state index >= 15 is 0 Å². The second-order valence-corrected chi connectivity index (χ2v) is 9.78. The molecule has 5 rings (SSSR count). The number of likely N-dealkylation sites (N-methyl/N-ethyl adjacent to an activating group) is 1. The molecule has 2 aliphatic heterocycles. The van der Waals surface area contributed by atoms with Crippen molar-refractivity contribution in [1.29, 1.82) is 0 Å². The van der Waals surface area contributed by atoms with Crippen molar-refractivity contribution in [2.75, 3.05) is 51.2 Å². The maximum atomic E-state index is 13.0. The largest absolute Gasteiger partial charge is 0.369 e. The summed E-state index contributed by atoms with van der Waals surface area (Å²) in [6, 6.07) is 23.1. The summed E-state index contributed by atoms with van der Waals surface area (Å²) in [5.41, 5.74) is 5.13. The zero-order valence-electron chi connectivity index (χ0n) is 20.6. The molecular weight excluding hydrogens is 434 g/mol. The van der Waals surface area contributed by atoms with E-state index in [9.17, 15) is 4.79 Å². The van der Waals surface area contributed by atoms with Gasteiger partial charge in [-0.2, -0.15) is 0 Å². The number of likely N-dealkylation sites (tertiary alicyclic amines) is 1. The highest BCUT2D eigenvalue weighted by atomic mass is 16.1. The second-order valence-electron chi connectivity index (χ2n) is 9.78. The first-order valence-corrected chi connectivity index (χ1v) is 12.7. The van der Waals surface area contributed by atoms with E-state index in [-0.39, 0.29) is 11.9 Å². The molecule has 2 fully saturated rings. The van der Waals surface area contributed by atoms with Crippen LogP contribution in [0.3, 0.4) is 0 Å². The molecule has 0 saturated carbocycles. The molecule has 0 spiro atoms. The molecule has 3 aromatic rings. The Bertz CT molecular complexity index is 1100. The van der Waals surface area contributed by atoms with Gasteiger partial charge in [0.2, 0.25) is 0 Å². The number of nitrogens with one attached hydrogen (secondary N) is 1. The molecule has 182 valence electrons. The lowest BCUT2D eigenvalue weighted by atomic mass is 10.0. The monoisotopic (exact) mass is 469 g/mol. The number of anilines is 1. The highest BCUT2D eigenvalue weighted by molar-refractivity contribution is 5.95. The summed E-state index contributed by atoms with van der Waals surface area (Å²) < 4.78 is 0. The SMILES string of the molecule is CN1CCN(c2ccc(-c3cc(C(=O)NC4CCN(Cc5ccccc5)CC4)ccn3)cc2)CC1. The Morgan fingerprint density at radius 3 is 2.34 bits per heavy atom. The summed E-state index contributed by atoms with van der Waals surface area (Å²) in [4.78, 5) is 24.8. The van der Waals surface area contributed by atoms with E-state index in [2.05, 4.69) is 86.6 Å². The van der Waals surface area contributed by atoms with E-state index in [4.69, 9.17) is 0 Å². The molecule has 2 aromatic carbocycles. The summed E-state index contributed by atoms with van der Waals surface area (Å²) in [5, 5.41) is 3.25. The van der Waals surface area contributed by atoms with Crippen molar-refractivity contribution in [3.05, 3.63) is 84.1 Å². The lowest BCUT2D eigenvalue weighted by Gasteiger charge is -2.34. The molecular formula is C29H35N5O. The number of benzene rings is 2. The molecule has 6 nitrogen and oxygen atoms in total. The van der Waals surface area contributed by atoms with Crippen molar-refractivity contribution in [3.63, 3.8) is 0 Å². The van der Waals surface area contributed by atoms with Gasteiger partial charge in [0, 0.05) is 74.9 Å². The molecule has 0 unspecified atom stereocenters. The van der Waals surface area contributed by atoms with E-state index in [0.29, 0.717) is 5.56 Å². The lowest BCUT2D eigenvalue weighted by molar-refractivity contribution is 0.0909. The first-order chi connectivity index (χ1) is 17.1. The van der Waals surface area contributed by atoms with Crippen LogP contribution in [0.5, 0.6) is 0 Å². The average molecular weight is 470 g/mol. The molecule has 1 N–H and O–H groups in total. The summed E-state index contributed by atoms with van der Waals surface area (Å²) in [7, 11) is 2.17. The van der Waals surface area contributed by atoms with E-state index in [0.717, 1.165) is 69.9 Å². The van der Waals surface area contributed by atoms with Gasteiger partial charge in [0.05, 0.1) is 5.69 Å². The van der Waals surface area contributed by atoms with E-state index < -0.39 is 0 Å². The van der Waals surface area contributed by atoms with Gasteiger partial charge in [0.15, 0.2) is 0 Å². The lowest BCUT2D eigenvalue weighted by Crippen LogP contribution is -2.44. The molecule has 0 atom stereocenters. The van der Waals surface area contributed by atoms with Crippen LogP contribution in [0.1, 0.15) is 28.8 Å². The zero-order chi connectivity index (χ0) is 24.0. The van der Waals surface area contributed by atoms with E-state index in [1.165, 1.54) is 11.3 Å². The predicted molar refractivity (Wildman–Crippen MR) is 142 cm³/mol. The number of hydrogen-bond donors (Lipinski definition) is 1. The van der Waals surface area contributed by atoms with Crippen LogP contribution in [0.2, 0.25) is 0 Å². The van der Waals surface area contributed by atoms with Crippen LogP contribution >= 0.6 is 0 Å². The topological polar surface area (TPSA) is 51.7 Å². The van der Waals surface area contributed by atoms with Crippen molar-refractivity contribution in [2.45, 2.75) is 25.4 Å². The normalized spacial score (nSPS) is 17.9. The Hall–Kier alpha value is -3.22. The molecule has 1 amide bonds. The van der Waals surface area contributed by atoms with Gasteiger partial charge in [-0.25, -0.2) is 0 Å². The molecule has 35 heavy (non-hydrogen) atoms. The molecule has 2 saturated heterocycles. The predicted octanol–water partition coefficient (Wildman–Crippen LogP) is 3.89. The average Bonchev–Trinajstić information content (AvgIpc) is 2.91. The fourth-order valence-corrected chi connectivity index (χ4v) is 4.98. The van der Waals surface area contributed by atoms with Gasteiger partial charge >= 0.3 is 0 Å². The fraction of sp³-hybridized carbons (Fsp3) is 0.379. The number of rotatable bonds is 6. The summed E-state index contributed by atoms with van der Waals surface area (Å²) >= 11 is 0. The smallest absolute Gasteiger partial charge is 0.251 e. The van der Waals surface area contributed by atoms with Crippen molar-refractivity contribution in [1.82, 2.24) is 20.1 Å². The highest BCUT2D eigenvalue weighted by Crippen LogP contribution is 2.23. The van der Waals surface area contributed by atoms with Crippen molar-refractivity contribution in [3.8, 4) is 11.3 Å². The maximum Gasteiger partial charge on any atom is 0.251 e. The van der Waals surface area contributed by atoms with Crippen LogP contribution in [-0.4, -0.2) is 73.0 Å². The van der Waals surface area contributed by atoms with Gasteiger partial charge in [-0.15, -0.1) is 0 Å². The van der Waals surface area contributed by atoms with Crippen LogP contribution in [0.25, 0.3) is 11.3 Å². The molecule has 3 heterocycles. The first kappa shape index (κ1) is 23.5. The number of nitrogens with zero attached hydrogens (tertiary/aromatic N) is 4. The third kappa shape index (κ3) is 6.08. The Morgan fingerprint density at radius 1 is 0.914 bits per heavy atom. The number of carbonyl (C=O) groups excluding carboxylic acids is 1. The molecule has 2 aliphatic rings. The fourth-order valence-electron chi connectivity index (χ4n) is 4.98. The van der Waals surface area contributed by atoms with Crippen LogP contribution in [0.15, 0.2) is 72.9 Å². The van der Waals surface area contributed by atoms with Gasteiger partial charge in [0.25, 0.3) is 5.91 Å². The minimum Gasteiger partial charge on any atom is -0.369 e. The number of amides is 1. The summed E-state index contributed by atoms with van der Waals surface area (Å²) in [5.74, 6) is -0.00999. The Kier molecular flexibility index (Phi) is 7.40. The number of hydrogen-bond acceptors (Lipinski definition) is 5. The van der Waals surface area contributed by atoms with Gasteiger partial charge in [-0.3, -0.25) is 14.7 Å². The van der Waals surface area contributed by atoms with Crippen LogP contribution in [-0.2, 0) is 6.54 Å². The van der Waals surface area contributed by atoms with Crippen LogP contribution < -0.4 is 10.2 Å². The number of piperidine rings is 1. The first-order valence-electron chi connectivity index (χ1n) is 12.7. The second kappa shape index (κ2) is 11.0. The third-order valence-corrected chi connectivity index (χ3v) is 7.23. The molecule has 0 radical (unpaired) electrons.